The highest BCUT2D eigenvalue weighted by Gasteiger charge is 2.79. The molecule has 3 rings (SSSR count). The van der Waals surface area contributed by atoms with E-state index in [2.05, 4.69) is 4.74 Å². The second-order valence-corrected chi connectivity index (χ2v) is 6.33. The summed E-state index contributed by atoms with van der Waals surface area (Å²) in [7, 11) is 0. The number of halogens is 6. The number of carboxylic acids is 1. The fraction of sp³-hybridized carbons (Fsp3) is 0.158. The first-order valence-electron chi connectivity index (χ1n) is 8.15. The largest absolute Gasteiger partial charge is 0.477 e. The van der Waals surface area contributed by atoms with Gasteiger partial charge in [0.05, 0.1) is 0 Å². The lowest BCUT2D eigenvalue weighted by Crippen LogP contribution is -2.61. The van der Waals surface area contributed by atoms with Gasteiger partial charge in [-0.15, -0.1) is 0 Å². The molecule has 2 aromatic carbocycles. The molecule has 0 heterocycles. The van der Waals surface area contributed by atoms with Crippen LogP contribution in [0.15, 0.2) is 42.5 Å². The quantitative estimate of drug-likeness (QED) is 0.367. The summed E-state index contributed by atoms with van der Waals surface area (Å²) in [5.74, 6) is -28.3. The van der Waals surface area contributed by atoms with Gasteiger partial charge in [-0.05, 0) is 18.2 Å². The molecule has 0 saturated heterocycles. The van der Waals surface area contributed by atoms with Crippen molar-refractivity contribution in [1.82, 2.24) is 0 Å². The zero-order chi connectivity index (χ0) is 23.4. The van der Waals surface area contributed by atoms with E-state index >= 15 is 0 Å². The molecule has 6 nitrogen and oxygen atoms in total. The predicted octanol–water partition coefficient (Wildman–Crippen LogP) is 3.36. The monoisotopic (exact) mass is 446 g/mol. The summed E-state index contributed by atoms with van der Waals surface area (Å²) in [5, 5.41) is 8.09. The fourth-order valence-electron chi connectivity index (χ4n) is 2.77. The number of carboxylic acid groups (broad SMARTS) is 1. The average molecular weight is 446 g/mol. The number of hydrogen-bond acceptors (Lipinski definition) is 5. The number of carbonyl (C=O) groups excluding carboxylic acids is 3. The summed E-state index contributed by atoms with van der Waals surface area (Å²) in [6.07, 6.45) is 0. The van der Waals surface area contributed by atoms with Crippen LogP contribution in [0.3, 0.4) is 0 Å². The van der Waals surface area contributed by atoms with Gasteiger partial charge in [-0.1, -0.05) is 24.3 Å². The Kier molecular flexibility index (Phi) is 4.91. The van der Waals surface area contributed by atoms with E-state index in [9.17, 15) is 45.5 Å². The second kappa shape index (κ2) is 6.93. The molecule has 162 valence electrons. The number of ether oxygens (including phenoxy) is 1. The molecule has 0 bridgehead atoms. The van der Waals surface area contributed by atoms with Gasteiger partial charge in [0.25, 0.3) is 0 Å². The van der Waals surface area contributed by atoms with Crippen LogP contribution in [0.25, 0.3) is 0 Å². The molecule has 0 saturated carbocycles. The van der Waals surface area contributed by atoms with Gasteiger partial charge in [0.2, 0.25) is 0 Å². The van der Waals surface area contributed by atoms with Gasteiger partial charge in [0.15, 0.2) is 11.6 Å². The van der Waals surface area contributed by atoms with Crippen molar-refractivity contribution in [1.29, 1.82) is 0 Å². The third kappa shape index (κ3) is 3.14. The average Bonchev–Trinajstić information content (AvgIpc) is 2.71. The van der Waals surface area contributed by atoms with Crippen molar-refractivity contribution in [2.75, 3.05) is 0 Å². The minimum atomic E-state index is -6.64. The highest BCUT2D eigenvalue weighted by molar-refractivity contribution is 6.28. The Labute approximate surface area is 168 Å². The Morgan fingerprint density at radius 3 is 1.74 bits per heavy atom. The Hall–Kier alpha value is -3.70. The maximum absolute atomic E-state index is 13.7. The van der Waals surface area contributed by atoms with Crippen LogP contribution >= 0.6 is 0 Å². The van der Waals surface area contributed by atoms with E-state index in [0.717, 1.165) is 6.07 Å². The Bertz CT molecular complexity index is 1140. The Balaban J connectivity index is 1.94. The molecule has 0 amide bonds. The molecular formula is C19H8F6O6. The molecule has 0 radical (unpaired) electrons. The standard InChI is InChI=1S/C19H8F6O6/c20-17(21,15(28)29)19(24,25)18(22,23)16(30)31-8-5-6-11-12(7-8)14(27)10-4-2-1-3-9(10)13(11)26/h1-7H,(H,28,29). The fourth-order valence-corrected chi connectivity index (χ4v) is 2.77. The molecule has 0 fully saturated rings. The Morgan fingerprint density at radius 2 is 1.23 bits per heavy atom. The van der Waals surface area contributed by atoms with E-state index in [1.807, 2.05) is 0 Å². The van der Waals surface area contributed by atoms with Gasteiger partial charge >= 0.3 is 29.7 Å². The van der Waals surface area contributed by atoms with Crippen molar-refractivity contribution in [2.45, 2.75) is 17.8 Å². The van der Waals surface area contributed by atoms with Gasteiger partial charge in [0, 0.05) is 22.3 Å². The van der Waals surface area contributed by atoms with Gasteiger partial charge in [-0.3, -0.25) is 9.59 Å². The van der Waals surface area contributed by atoms with E-state index in [1.54, 1.807) is 0 Å². The molecule has 31 heavy (non-hydrogen) atoms. The second-order valence-electron chi connectivity index (χ2n) is 6.33. The van der Waals surface area contributed by atoms with Crippen LogP contribution in [0.2, 0.25) is 0 Å². The summed E-state index contributed by atoms with van der Waals surface area (Å²) in [6.45, 7) is 0. The summed E-state index contributed by atoms with van der Waals surface area (Å²) < 4.78 is 84.5. The molecule has 0 unspecified atom stereocenters. The zero-order valence-corrected chi connectivity index (χ0v) is 14.8. The number of carbonyl (C=O) groups is 4. The first-order valence-corrected chi connectivity index (χ1v) is 8.15. The smallest absolute Gasteiger partial charge is 0.411 e. The lowest BCUT2D eigenvalue weighted by Gasteiger charge is -2.28. The lowest BCUT2D eigenvalue weighted by atomic mass is 9.84. The minimum absolute atomic E-state index is 0.0480. The summed E-state index contributed by atoms with van der Waals surface area (Å²) in [6, 6.07) is 7.81. The molecule has 1 aliphatic rings. The van der Waals surface area contributed by atoms with Gasteiger partial charge in [-0.25, -0.2) is 9.59 Å². The maximum atomic E-state index is 13.7. The van der Waals surface area contributed by atoms with Crippen molar-refractivity contribution < 1.29 is 55.4 Å². The summed E-state index contributed by atoms with van der Waals surface area (Å²) >= 11 is 0. The van der Waals surface area contributed by atoms with Crippen LogP contribution in [0.1, 0.15) is 31.8 Å². The van der Waals surface area contributed by atoms with Crippen LogP contribution in [-0.4, -0.2) is 46.4 Å². The van der Waals surface area contributed by atoms with Crippen LogP contribution in [0.4, 0.5) is 26.3 Å². The van der Waals surface area contributed by atoms with Crippen molar-refractivity contribution in [3.05, 3.63) is 64.7 Å². The lowest BCUT2D eigenvalue weighted by molar-refractivity contribution is -0.297. The van der Waals surface area contributed by atoms with E-state index in [-0.39, 0.29) is 16.7 Å². The molecule has 2 aromatic rings. The van der Waals surface area contributed by atoms with Crippen LogP contribution in [0.5, 0.6) is 5.75 Å². The van der Waals surface area contributed by atoms with E-state index in [4.69, 9.17) is 5.11 Å². The first-order chi connectivity index (χ1) is 14.2. The minimum Gasteiger partial charge on any atom is -0.477 e. The molecule has 1 aliphatic carbocycles. The number of ketones is 2. The number of fused-ring (bicyclic) bond motifs is 2. The van der Waals surface area contributed by atoms with Crippen LogP contribution < -0.4 is 4.74 Å². The van der Waals surface area contributed by atoms with E-state index in [0.29, 0.717) is 12.1 Å². The van der Waals surface area contributed by atoms with Gasteiger partial charge < -0.3 is 9.84 Å². The van der Waals surface area contributed by atoms with E-state index in [1.165, 1.54) is 24.3 Å². The van der Waals surface area contributed by atoms with E-state index < -0.39 is 52.6 Å². The van der Waals surface area contributed by atoms with Crippen LogP contribution in [0, 0.1) is 0 Å². The van der Waals surface area contributed by atoms with Crippen molar-refractivity contribution in [2.24, 2.45) is 0 Å². The zero-order valence-electron chi connectivity index (χ0n) is 14.8. The molecule has 12 heteroatoms. The molecule has 0 aliphatic heterocycles. The number of rotatable bonds is 5. The third-order valence-electron chi connectivity index (χ3n) is 4.42. The van der Waals surface area contributed by atoms with Gasteiger partial charge in [-0.2, -0.15) is 26.3 Å². The number of esters is 1. The maximum Gasteiger partial charge on any atom is 0.411 e. The van der Waals surface area contributed by atoms with Crippen molar-refractivity contribution >= 4 is 23.5 Å². The van der Waals surface area contributed by atoms with Crippen LogP contribution in [-0.2, 0) is 9.59 Å². The number of alkyl halides is 6. The highest BCUT2D eigenvalue weighted by Crippen LogP contribution is 2.46. The topological polar surface area (TPSA) is 97.7 Å². The number of hydrogen-bond donors (Lipinski definition) is 1. The summed E-state index contributed by atoms with van der Waals surface area (Å²) in [5.41, 5.74) is -0.605. The third-order valence-corrected chi connectivity index (χ3v) is 4.42. The predicted molar refractivity (Wildman–Crippen MR) is 87.9 cm³/mol. The van der Waals surface area contributed by atoms with Gasteiger partial charge in [0.1, 0.15) is 5.75 Å². The Morgan fingerprint density at radius 1 is 0.742 bits per heavy atom. The SMILES string of the molecule is O=C1c2ccccc2C(=O)c2cc(OC(=O)C(F)(F)C(F)(F)C(F)(F)C(=O)O)ccc21. The van der Waals surface area contributed by atoms with Crippen molar-refractivity contribution in [3.8, 4) is 5.75 Å². The summed E-state index contributed by atoms with van der Waals surface area (Å²) in [4.78, 5) is 46.7. The van der Waals surface area contributed by atoms with Crippen molar-refractivity contribution in [3.63, 3.8) is 0 Å². The number of benzene rings is 2. The molecule has 0 aromatic heterocycles. The molecular weight excluding hydrogens is 438 g/mol. The first kappa shape index (κ1) is 22.0. The molecule has 0 atom stereocenters. The molecule has 0 spiro atoms. The normalized spacial score (nSPS) is 14.0. The highest BCUT2D eigenvalue weighted by atomic mass is 19.3. The number of aliphatic carboxylic acids is 1. The molecule has 1 N–H and O–H groups in total.